The molecule has 4 nitrogen and oxygen atoms in total. The van der Waals surface area contributed by atoms with Crippen LogP contribution in [0.1, 0.15) is 19.8 Å². The molecule has 1 N–H and O–H groups in total. The van der Waals surface area contributed by atoms with Crippen LogP contribution in [0.15, 0.2) is 22.9 Å². The van der Waals surface area contributed by atoms with Gasteiger partial charge in [-0.05, 0) is 28.9 Å². The van der Waals surface area contributed by atoms with Gasteiger partial charge in [0.05, 0.1) is 11.9 Å². The van der Waals surface area contributed by atoms with E-state index in [4.69, 9.17) is 0 Å². The Balaban J connectivity index is 2.48. The Morgan fingerprint density at radius 2 is 2.13 bits per heavy atom. The largest absolute Gasteiger partial charge is 0.325 e. The lowest BCUT2D eigenvalue weighted by Gasteiger charge is -2.03. The number of ketones is 1. The Bertz CT molecular complexity index is 379. The predicted molar refractivity (Wildman–Crippen MR) is 60.5 cm³/mol. The Kier molecular flexibility index (Phi) is 4.42. The third kappa shape index (κ3) is 4.69. The molecule has 0 spiro atoms. The van der Waals surface area contributed by atoms with E-state index in [-0.39, 0.29) is 24.5 Å². The highest BCUT2D eigenvalue weighted by molar-refractivity contribution is 9.10. The van der Waals surface area contributed by atoms with Crippen LogP contribution in [0.4, 0.5) is 5.69 Å². The monoisotopic (exact) mass is 270 g/mol. The smallest absolute Gasteiger partial charge is 0.224 e. The van der Waals surface area contributed by atoms with Gasteiger partial charge >= 0.3 is 0 Å². The van der Waals surface area contributed by atoms with Crippen molar-refractivity contribution in [1.82, 2.24) is 4.98 Å². The number of Topliss-reactive ketones (excluding diaryl/α,β-unsaturated/α-hetero) is 1. The van der Waals surface area contributed by atoms with E-state index in [0.717, 1.165) is 4.47 Å². The number of carbonyl (C=O) groups excluding carboxylic acids is 2. The third-order valence-corrected chi connectivity index (χ3v) is 2.13. The van der Waals surface area contributed by atoms with E-state index in [1.54, 1.807) is 18.5 Å². The first kappa shape index (κ1) is 11.8. The van der Waals surface area contributed by atoms with Crippen molar-refractivity contribution >= 4 is 33.3 Å². The summed E-state index contributed by atoms with van der Waals surface area (Å²) in [4.78, 5) is 25.9. The minimum absolute atomic E-state index is 0.0116. The van der Waals surface area contributed by atoms with Gasteiger partial charge in [0.1, 0.15) is 5.78 Å². The lowest BCUT2D eigenvalue weighted by atomic mass is 10.2. The standard InChI is InChI=1S/C10H11BrN2O2/c1-7(14)2-3-10(15)13-9-4-8(11)5-12-6-9/h4-6H,2-3H2,1H3,(H,13,15). The summed E-state index contributed by atoms with van der Waals surface area (Å²) in [7, 11) is 0. The second-order valence-electron chi connectivity index (χ2n) is 3.14. The highest BCUT2D eigenvalue weighted by atomic mass is 79.9. The fourth-order valence-corrected chi connectivity index (χ4v) is 1.36. The zero-order valence-electron chi connectivity index (χ0n) is 8.29. The fraction of sp³-hybridized carbons (Fsp3) is 0.300. The summed E-state index contributed by atoms with van der Waals surface area (Å²) in [6, 6.07) is 1.75. The van der Waals surface area contributed by atoms with Crippen LogP contribution in [-0.4, -0.2) is 16.7 Å². The summed E-state index contributed by atoms with van der Waals surface area (Å²) in [5.74, 6) is -0.164. The molecule has 1 amide bonds. The molecule has 1 aromatic rings. The predicted octanol–water partition coefficient (Wildman–Crippen LogP) is 2.15. The van der Waals surface area contributed by atoms with Crippen molar-refractivity contribution in [1.29, 1.82) is 0 Å². The number of halogens is 1. The maximum atomic E-state index is 11.3. The quantitative estimate of drug-likeness (QED) is 0.912. The molecule has 0 bridgehead atoms. The van der Waals surface area contributed by atoms with Gasteiger partial charge in [-0.2, -0.15) is 0 Å². The normalized spacial score (nSPS) is 9.73. The second-order valence-corrected chi connectivity index (χ2v) is 4.06. The number of pyridine rings is 1. The van der Waals surface area contributed by atoms with Crippen molar-refractivity contribution in [3.8, 4) is 0 Å². The molecule has 0 unspecified atom stereocenters. The van der Waals surface area contributed by atoms with Crippen molar-refractivity contribution in [3.63, 3.8) is 0 Å². The third-order valence-electron chi connectivity index (χ3n) is 1.69. The van der Waals surface area contributed by atoms with Gasteiger partial charge in [0.2, 0.25) is 5.91 Å². The van der Waals surface area contributed by atoms with Crippen LogP contribution in [0, 0.1) is 0 Å². The molecule has 0 saturated heterocycles. The topological polar surface area (TPSA) is 59.1 Å². The van der Waals surface area contributed by atoms with E-state index in [1.807, 2.05) is 0 Å². The average Bonchev–Trinajstić information content (AvgIpc) is 2.15. The van der Waals surface area contributed by atoms with E-state index in [1.165, 1.54) is 6.92 Å². The molecule has 0 saturated carbocycles. The summed E-state index contributed by atoms with van der Waals surface area (Å²) in [5, 5.41) is 2.65. The molecular formula is C10H11BrN2O2. The summed E-state index contributed by atoms with van der Waals surface area (Å²) in [6.07, 6.45) is 3.66. The molecule has 0 aliphatic heterocycles. The maximum absolute atomic E-state index is 11.3. The van der Waals surface area contributed by atoms with Crippen molar-refractivity contribution in [3.05, 3.63) is 22.9 Å². The van der Waals surface area contributed by atoms with Gasteiger partial charge in [-0.3, -0.25) is 9.78 Å². The SMILES string of the molecule is CC(=O)CCC(=O)Nc1cncc(Br)c1. The Hall–Kier alpha value is -1.23. The molecule has 5 heteroatoms. The van der Waals surface area contributed by atoms with E-state index in [0.29, 0.717) is 5.69 Å². The van der Waals surface area contributed by atoms with Gasteiger partial charge < -0.3 is 10.1 Å². The zero-order valence-corrected chi connectivity index (χ0v) is 9.87. The minimum Gasteiger partial charge on any atom is -0.325 e. The van der Waals surface area contributed by atoms with E-state index in [2.05, 4.69) is 26.2 Å². The molecule has 0 fully saturated rings. The first-order valence-electron chi connectivity index (χ1n) is 4.48. The van der Waals surface area contributed by atoms with Gasteiger partial charge in [-0.25, -0.2) is 0 Å². The van der Waals surface area contributed by atoms with E-state index in [9.17, 15) is 9.59 Å². The van der Waals surface area contributed by atoms with Crippen LogP contribution in [-0.2, 0) is 9.59 Å². The number of hydrogen-bond donors (Lipinski definition) is 1. The summed E-state index contributed by atoms with van der Waals surface area (Å²) in [5.41, 5.74) is 0.623. The highest BCUT2D eigenvalue weighted by Crippen LogP contribution is 2.13. The Morgan fingerprint density at radius 3 is 2.73 bits per heavy atom. The second kappa shape index (κ2) is 5.60. The Morgan fingerprint density at radius 1 is 1.40 bits per heavy atom. The van der Waals surface area contributed by atoms with Gasteiger partial charge in [0.25, 0.3) is 0 Å². The molecule has 0 aromatic carbocycles. The molecule has 1 rings (SSSR count). The molecule has 15 heavy (non-hydrogen) atoms. The molecule has 80 valence electrons. The number of hydrogen-bond acceptors (Lipinski definition) is 3. The summed E-state index contributed by atoms with van der Waals surface area (Å²) in [6.45, 7) is 1.47. The van der Waals surface area contributed by atoms with Crippen molar-refractivity contribution in [2.75, 3.05) is 5.32 Å². The highest BCUT2D eigenvalue weighted by Gasteiger charge is 2.04. The molecule has 1 aromatic heterocycles. The number of amides is 1. The van der Waals surface area contributed by atoms with Crippen LogP contribution in [0.25, 0.3) is 0 Å². The molecule has 0 aliphatic carbocycles. The van der Waals surface area contributed by atoms with Gasteiger partial charge in [-0.1, -0.05) is 0 Å². The van der Waals surface area contributed by atoms with Gasteiger partial charge in [-0.15, -0.1) is 0 Å². The molecule has 0 aliphatic rings. The number of carbonyl (C=O) groups is 2. The lowest BCUT2D eigenvalue weighted by molar-refractivity contribution is -0.121. The summed E-state index contributed by atoms with van der Waals surface area (Å²) < 4.78 is 0.798. The molecule has 0 radical (unpaired) electrons. The fourth-order valence-electron chi connectivity index (χ4n) is 0.993. The minimum atomic E-state index is -0.176. The number of nitrogens with zero attached hydrogens (tertiary/aromatic N) is 1. The van der Waals surface area contributed by atoms with E-state index < -0.39 is 0 Å². The van der Waals surface area contributed by atoms with Gasteiger partial charge in [0, 0.05) is 23.5 Å². The van der Waals surface area contributed by atoms with E-state index >= 15 is 0 Å². The number of aromatic nitrogens is 1. The molecular weight excluding hydrogens is 260 g/mol. The lowest BCUT2D eigenvalue weighted by Crippen LogP contribution is -2.12. The molecule has 1 heterocycles. The maximum Gasteiger partial charge on any atom is 0.224 e. The Labute approximate surface area is 96.2 Å². The molecule has 0 atom stereocenters. The number of rotatable bonds is 4. The summed E-state index contributed by atoms with van der Waals surface area (Å²) >= 11 is 3.25. The van der Waals surface area contributed by atoms with Crippen LogP contribution in [0.3, 0.4) is 0 Å². The van der Waals surface area contributed by atoms with Crippen LogP contribution in [0.5, 0.6) is 0 Å². The zero-order chi connectivity index (χ0) is 11.3. The first-order chi connectivity index (χ1) is 7.08. The first-order valence-corrected chi connectivity index (χ1v) is 5.27. The van der Waals surface area contributed by atoms with Crippen molar-refractivity contribution in [2.45, 2.75) is 19.8 Å². The van der Waals surface area contributed by atoms with Crippen molar-refractivity contribution < 1.29 is 9.59 Å². The average molecular weight is 271 g/mol. The van der Waals surface area contributed by atoms with Crippen molar-refractivity contribution in [2.24, 2.45) is 0 Å². The van der Waals surface area contributed by atoms with Crippen LogP contribution >= 0.6 is 15.9 Å². The van der Waals surface area contributed by atoms with Crippen LogP contribution < -0.4 is 5.32 Å². The number of nitrogens with one attached hydrogen (secondary N) is 1. The van der Waals surface area contributed by atoms with Crippen LogP contribution in [0.2, 0.25) is 0 Å². The number of anilines is 1. The van der Waals surface area contributed by atoms with Gasteiger partial charge in [0.15, 0.2) is 0 Å².